The molecule has 0 aromatic carbocycles. The standard InChI is InChI=1S/C12H18FNO2/c1-3-4-9(2)8-16-12-11(13)10(7-15)5-6-14-12/h5-6,9,15H,3-4,7-8H2,1-2H3. The maximum Gasteiger partial charge on any atom is 0.250 e. The van der Waals surface area contributed by atoms with E-state index in [1.807, 2.05) is 0 Å². The number of aromatic nitrogens is 1. The molecule has 0 aliphatic carbocycles. The molecule has 0 saturated heterocycles. The number of aliphatic hydroxyl groups is 1. The molecule has 1 atom stereocenters. The van der Waals surface area contributed by atoms with Gasteiger partial charge in [0.2, 0.25) is 0 Å². The lowest BCUT2D eigenvalue weighted by Gasteiger charge is -2.12. The summed E-state index contributed by atoms with van der Waals surface area (Å²) >= 11 is 0. The zero-order chi connectivity index (χ0) is 12.0. The number of hydrogen-bond acceptors (Lipinski definition) is 3. The highest BCUT2D eigenvalue weighted by molar-refractivity contribution is 5.22. The molecule has 0 saturated carbocycles. The van der Waals surface area contributed by atoms with Gasteiger partial charge in [0.1, 0.15) is 0 Å². The Bertz CT molecular complexity index is 331. The van der Waals surface area contributed by atoms with Crippen LogP contribution in [-0.2, 0) is 6.61 Å². The molecule has 1 aromatic heterocycles. The van der Waals surface area contributed by atoms with E-state index in [9.17, 15) is 4.39 Å². The summed E-state index contributed by atoms with van der Waals surface area (Å²) in [7, 11) is 0. The summed E-state index contributed by atoms with van der Waals surface area (Å²) in [5.74, 6) is -0.202. The zero-order valence-electron chi connectivity index (χ0n) is 9.74. The summed E-state index contributed by atoms with van der Waals surface area (Å²) in [6.45, 7) is 4.26. The number of ether oxygens (including phenoxy) is 1. The Morgan fingerprint density at radius 1 is 1.56 bits per heavy atom. The van der Waals surface area contributed by atoms with E-state index in [0.717, 1.165) is 12.8 Å². The summed E-state index contributed by atoms with van der Waals surface area (Å²) in [4.78, 5) is 3.81. The van der Waals surface area contributed by atoms with Crippen molar-refractivity contribution in [1.82, 2.24) is 4.98 Å². The number of halogens is 1. The fourth-order valence-corrected chi connectivity index (χ4v) is 1.48. The van der Waals surface area contributed by atoms with Crippen molar-refractivity contribution in [2.75, 3.05) is 6.61 Å². The van der Waals surface area contributed by atoms with Gasteiger partial charge in [-0.2, -0.15) is 0 Å². The summed E-state index contributed by atoms with van der Waals surface area (Å²) in [6.07, 6.45) is 3.56. The highest BCUT2D eigenvalue weighted by atomic mass is 19.1. The molecule has 0 bridgehead atoms. The first-order valence-corrected chi connectivity index (χ1v) is 5.56. The first kappa shape index (κ1) is 12.9. The number of rotatable bonds is 6. The van der Waals surface area contributed by atoms with Crippen LogP contribution in [0.1, 0.15) is 32.3 Å². The van der Waals surface area contributed by atoms with Gasteiger partial charge in [-0.1, -0.05) is 20.3 Å². The summed E-state index contributed by atoms with van der Waals surface area (Å²) in [5.41, 5.74) is 0.216. The second kappa shape index (κ2) is 6.43. The van der Waals surface area contributed by atoms with Crippen LogP contribution < -0.4 is 4.74 Å². The van der Waals surface area contributed by atoms with Gasteiger partial charge in [-0.05, 0) is 18.4 Å². The van der Waals surface area contributed by atoms with Crippen LogP contribution in [0, 0.1) is 11.7 Å². The largest absolute Gasteiger partial charge is 0.475 e. The minimum absolute atomic E-state index is 0.0190. The van der Waals surface area contributed by atoms with Crippen LogP contribution in [0.3, 0.4) is 0 Å². The van der Waals surface area contributed by atoms with E-state index in [4.69, 9.17) is 9.84 Å². The van der Waals surface area contributed by atoms with Gasteiger partial charge < -0.3 is 9.84 Å². The van der Waals surface area contributed by atoms with Crippen LogP contribution in [0.2, 0.25) is 0 Å². The number of pyridine rings is 1. The normalized spacial score (nSPS) is 12.5. The topological polar surface area (TPSA) is 42.4 Å². The predicted molar refractivity (Wildman–Crippen MR) is 59.7 cm³/mol. The molecule has 0 aliphatic rings. The molecule has 90 valence electrons. The van der Waals surface area contributed by atoms with Crippen LogP contribution in [0.15, 0.2) is 12.3 Å². The third kappa shape index (κ3) is 3.45. The molecule has 1 N–H and O–H groups in total. The highest BCUT2D eigenvalue weighted by Crippen LogP contribution is 2.18. The lowest BCUT2D eigenvalue weighted by Crippen LogP contribution is -2.10. The Balaban J connectivity index is 2.60. The fraction of sp³-hybridized carbons (Fsp3) is 0.583. The molecule has 0 spiro atoms. The summed E-state index contributed by atoms with van der Waals surface area (Å²) < 4.78 is 18.9. The monoisotopic (exact) mass is 227 g/mol. The van der Waals surface area contributed by atoms with E-state index in [1.54, 1.807) is 0 Å². The van der Waals surface area contributed by atoms with Crippen molar-refractivity contribution >= 4 is 0 Å². The summed E-state index contributed by atoms with van der Waals surface area (Å²) in [6, 6.07) is 1.44. The van der Waals surface area contributed by atoms with Crippen molar-refractivity contribution in [1.29, 1.82) is 0 Å². The van der Waals surface area contributed by atoms with Crippen molar-refractivity contribution in [2.24, 2.45) is 5.92 Å². The van der Waals surface area contributed by atoms with E-state index in [1.165, 1.54) is 12.3 Å². The molecular formula is C12H18FNO2. The van der Waals surface area contributed by atoms with Crippen molar-refractivity contribution in [2.45, 2.75) is 33.3 Å². The van der Waals surface area contributed by atoms with Gasteiger partial charge in [0.25, 0.3) is 5.88 Å². The van der Waals surface area contributed by atoms with Gasteiger partial charge in [-0.3, -0.25) is 0 Å². The van der Waals surface area contributed by atoms with Crippen LogP contribution in [0.5, 0.6) is 5.88 Å². The quantitative estimate of drug-likeness (QED) is 0.812. The van der Waals surface area contributed by atoms with E-state index in [-0.39, 0.29) is 18.1 Å². The van der Waals surface area contributed by atoms with Crippen LogP contribution in [-0.4, -0.2) is 16.7 Å². The lowest BCUT2D eigenvalue weighted by atomic mass is 10.1. The molecule has 1 heterocycles. The molecule has 1 rings (SSSR count). The zero-order valence-corrected chi connectivity index (χ0v) is 9.74. The Morgan fingerprint density at radius 3 is 2.94 bits per heavy atom. The van der Waals surface area contributed by atoms with Crippen LogP contribution in [0.25, 0.3) is 0 Å². The van der Waals surface area contributed by atoms with Gasteiger partial charge in [-0.15, -0.1) is 0 Å². The van der Waals surface area contributed by atoms with Crippen molar-refractivity contribution < 1.29 is 14.2 Å². The summed E-state index contributed by atoms with van der Waals surface area (Å²) in [5, 5.41) is 8.88. The first-order valence-electron chi connectivity index (χ1n) is 5.56. The van der Waals surface area contributed by atoms with E-state index < -0.39 is 5.82 Å². The van der Waals surface area contributed by atoms with Crippen molar-refractivity contribution in [3.8, 4) is 5.88 Å². The molecule has 1 aromatic rings. The Kier molecular flexibility index (Phi) is 5.19. The Labute approximate surface area is 95.3 Å². The first-order chi connectivity index (χ1) is 7.69. The minimum atomic E-state index is -0.561. The third-order valence-electron chi connectivity index (χ3n) is 2.39. The fourth-order valence-electron chi connectivity index (χ4n) is 1.48. The predicted octanol–water partition coefficient (Wildman–Crippen LogP) is 2.53. The SMILES string of the molecule is CCCC(C)COc1nccc(CO)c1F. The van der Waals surface area contributed by atoms with Crippen LogP contribution >= 0.6 is 0 Å². The molecule has 3 nitrogen and oxygen atoms in total. The number of hydrogen-bond donors (Lipinski definition) is 1. The van der Waals surface area contributed by atoms with Gasteiger partial charge in [0, 0.05) is 11.8 Å². The van der Waals surface area contributed by atoms with E-state index in [2.05, 4.69) is 18.8 Å². The Morgan fingerprint density at radius 2 is 2.31 bits per heavy atom. The number of nitrogens with zero attached hydrogens (tertiary/aromatic N) is 1. The molecule has 0 fully saturated rings. The van der Waals surface area contributed by atoms with Gasteiger partial charge in [-0.25, -0.2) is 9.37 Å². The van der Waals surface area contributed by atoms with E-state index in [0.29, 0.717) is 12.5 Å². The second-order valence-electron chi connectivity index (χ2n) is 3.95. The Hall–Kier alpha value is -1.16. The lowest BCUT2D eigenvalue weighted by molar-refractivity contribution is 0.227. The molecular weight excluding hydrogens is 209 g/mol. The minimum Gasteiger partial charge on any atom is -0.475 e. The molecule has 0 aliphatic heterocycles. The van der Waals surface area contributed by atoms with Gasteiger partial charge in [0.05, 0.1) is 13.2 Å². The molecule has 16 heavy (non-hydrogen) atoms. The highest BCUT2D eigenvalue weighted by Gasteiger charge is 2.11. The average Bonchev–Trinajstić information content (AvgIpc) is 2.28. The van der Waals surface area contributed by atoms with Gasteiger partial charge >= 0.3 is 0 Å². The molecule has 4 heteroatoms. The molecule has 0 amide bonds. The smallest absolute Gasteiger partial charge is 0.250 e. The van der Waals surface area contributed by atoms with Crippen LogP contribution in [0.4, 0.5) is 4.39 Å². The average molecular weight is 227 g/mol. The maximum atomic E-state index is 13.6. The van der Waals surface area contributed by atoms with Crippen molar-refractivity contribution in [3.63, 3.8) is 0 Å². The van der Waals surface area contributed by atoms with E-state index >= 15 is 0 Å². The molecule has 0 radical (unpaired) electrons. The third-order valence-corrected chi connectivity index (χ3v) is 2.39. The maximum absolute atomic E-state index is 13.6. The van der Waals surface area contributed by atoms with Crippen molar-refractivity contribution in [3.05, 3.63) is 23.6 Å². The second-order valence-corrected chi connectivity index (χ2v) is 3.95. The number of aliphatic hydroxyl groups excluding tert-OH is 1. The van der Waals surface area contributed by atoms with Gasteiger partial charge in [0.15, 0.2) is 5.82 Å². The molecule has 1 unspecified atom stereocenters.